The Kier molecular flexibility index (Phi) is 7.82. The van der Waals surface area contributed by atoms with Crippen molar-refractivity contribution >= 4 is 17.5 Å². The van der Waals surface area contributed by atoms with E-state index < -0.39 is 21.4 Å². The maximum atomic E-state index is 12.3. The Bertz CT molecular complexity index is 1550. The summed E-state index contributed by atoms with van der Waals surface area (Å²) >= 11 is 0. The lowest BCUT2D eigenvalue weighted by atomic mass is 10.0. The number of nitro groups is 2. The number of likely N-dealkylation sites (tertiary alicyclic amines) is 1. The van der Waals surface area contributed by atoms with Gasteiger partial charge in [-0.1, -0.05) is 30.3 Å². The molecule has 44 heavy (non-hydrogen) atoms. The van der Waals surface area contributed by atoms with Gasteiger partial charge in [-0.05, 0) is 17.7 Å². The number of hydrogen-bond donors (Lipinski definition) is 1. The lowest BCUT2D eigenvalue weighted by Gasteiger charge is -2.36. The smallest absolute Gasteiger partial charge is 0.410 e. The maximum Gasteiger partial charge on any atom is 0.410 e. The first-order chi connectivity index (χ1) is 21.2. The number of amides is 1. The number of hydrogen-bond acceptors (Lipinski definition) is 11. The van der Waals surface area contributed by atoms with Crippen LogP contribution in [0.15, 0.2) is 66.7 Å². The summed E-state index contributed by atoms with van der Waals surface area (Å²) in [6.45, 7) is 2.73. The number of ether oxygens (including phenoxy) is 5. The second kappa shape index (κ2) is 11.9. The van der Waals surface area contributed by atoms with Crippen LogP contribution in [0.3, 0.4) is 0 Å². The fraction of sp³-hybridized carbons (Fsp3) is 0.367. The Morgan fingerprint density at radius 3 is 1.77 bits per heavy atom. The molecule has 7 rings (SSSR count). The van der Waals surface area contributed by atoms with Gasteiger partial charge in [0.15, 0.2) is 23.0 Å². The van der Waals surface area contributed by atoms with Crippen LogP contribution < -0.4 is 24.3 Å². The number of fused-ring (bicyclic) bond motifs is 2. The Morgan fingerprint density at radius 1 is 0.750 bits per heavy atom. The molecule has 4 aliphatic rings. The highest BCUT2D eigenvalue weighted by atomic mass is 16.7. The van der Waals surface area contributed by atoms with E-state index in [4.69, 9.17) is 23.7 Å². The fourth-order valence-corrected chi connectivity index (χ4v) is 5.45. The monoisotopic (exact) mass is 606 g/mol. The molecule has 14 heteroatoms. The number of non-ortho nitro benzene ring substituents is 2. The van der Waals surface area contributed by atoms with Gasteiger partial charge in [0.05, 0.1) is 22.0 Å². The van der Waals surface area contributed by atoms with Crippen molar-refractivity contribution in [3.63, 3.8) is 0 Å². The van der Waals surface area contributed by atoms with Crippen LogP contribution >= 0.6 is 0 Å². The van der Waals surface area contributed by atoms with Gasteiger partial charge in [-0.3, -0.25) is 20.2 Å². The Morgan fingerprint density at radius 2 is 1.25 bits per heavy atom. The van der Waals surface area contributed by atoms with Crippen LogP contribution in [0.25, 0.3) is 0 Å². The van der Waals surface area contributed by atoms with Gasteiger partial charge < -0.3 is 33.9 Å². The highest BCUT2D eigenvalue weighted by molar-refractivity contribution is 5.67. The highest BCUT2D eigenvalue weighted by Crippen LogP contribution is 2.46. The summed E-state index contributed by atoms with van der Waals surface area (Å²) < 4.78 is 28.7. The van der Waals surface area contributed by atoms with Crippen LogP contribution in [0.2, 0.25) is 0 Å². The number of nitro benzene ring substituents is 2. The van der Waals surface area contributed by atoms with E-state index in [-0.39, 0.29) is 24.1 Å². The van der Waals surface area contributed by atoms with Gasteiger partial charge in [0, 0.05) is 64.0 Å². The molecule has 0 saturated carbocycles. The average Bonchev–Trinajstić information content (AvgIpc) is 3.57. The number of carbonyl (C=O) groups excluding carboxylic acids is 1. The zero-order chi connectivity index (χ0) is 30.7. The molecule has 0 aromatic heterocycles. The van der Waals surface area contributed by atoms with E-state index in [1.165, 1.54) is 24.3 Å². The molecule has 0 aliphatic carbocycles. The van der Waals surface area contributed by atoms with Crippen LogP contribution in [-0.2, 0) is 11.3 Å². The van der Waals surface area contributed by atoms with E-state index in [0.29, 0.717) is 48.9 Å². The first-order valence-electron chi connectivity index (χ1n) is 14.2. The summed E-state index contributed by atoms with van der Waals surface area (Å²) in [6.07, 6.45) is 2.02. The zero-order valence-electron chi connectivity index (χ0n) is 23.6. The standard InChI is InChI=1S/C19H18N2O6.C11H12N2O4/c22-18(25-13-14-4-2-1-3-5-14)20-10-8-19(9-11-20)26-16-7-6-15(21(23)24)12-17(16)27-19;14-13(15)8-1-2-9-10(7-8)17-11(16-9)3-5-12-6-4-11/h1-7,12H,8-11,13H2;1-2,7,12H,3-6H2. The Labute approximate surface area is 251 Å². The molecule has 230 valence electrons. The van der Waals surface area contributed by atoms with E-state index in [9.17, 15) is 25.0 Å². The van der Waals surface area contributed by atoms with Crippen molar-refractivity contribution in [2.75, 3.05) is 26.2 Å². The summed E-state index contributed by atoms with van der Waals surface area (Å²) in [4.78, 5) is 34.5. The van der Waals surface area contributed by atoms with Crippen LogP contribution in [-0.4, -0.2) is 58.6 Å². The number of nitrogens with one attached hydrogen (secondary N) is 1. The molecule has 1 N–H and O–H groups in total. The Balaban J connectivity index is 0.000000173. The first-order valence-corrected chi connectivity index (χ1v) is 14.2. The predicted molar refractivity (Wildman–Crippen MR) is 154 cm³/mol. The SMILES string of the molecule is O=C(OCc1ccccc1)N1CCC2(CC1)Oc1ccc([N+](=O)[O-])cc1O2.O=[N+]([O-])c1ccc2c(c1)OC1(CCNCC1)O2. The molecule has 4 heterocycles. The van der Waals surface area contributed by atoms with Gasteiger partial charge in [0.2, 0.25) is 0 Å². The molecular formula is C30H30N4O10. The van der Waals surface area contributed by atoms with E-state index in [1.54, 1.807) is 17.0 Å². The minimum Gasteiger partial charge on any atom is -0.448 e. The topological polar surface area (TPSA) is 165 Å². The molecule has 0 radical (unpaired) electrons. The summed E-state index contributed by atoms with van der Waals surface area (Å²) in [5, 5.41) is 24.8. The number of rotatable bonds is 4. The minimum absolute atomic E-state index is 0.0262. The predicted octanol–water partition coefficient (Wildman–Crippen LogP) is 4.94. The van der Waals surface area contributed by atoms with Gasteiger partial charge in [-0.2, -0.15) is 0 Å². The average molecular weight is 607 g/mol. The number of nitrogens with zero attached hydrogens (tertiary/aromatic N) is 3. The van der Waals surface area contributed by atoms with E-state index >= 15 is 0 Å². The van der Waals surface area contributed by atoms with E-state index in [0.717, 1.165) is 31.5 Å². The molecule has 2 saturated heterocycles. The second-order valence-corrected chi connectivity index (χ2v) is 10.8. The molecule has 0 unspecified atom stereocenters. The lowest BCUT2D eigenvalue weighted by molar-refractivity contribution is -0.385. The molecule has 14 nitrogen and oxygen atoms in total. The van der Waals surface area contributed by atoms with E-state index in [1.807, 2.05) is 30.3 Å². The van der Waals surface area contributed by atoms with Crippen molar-refractivity contribution in [1.29, 1.82) is 0 Å². The summed E-state index contributed by atoms with van der Waals surface area (Å²) in [7, 11) is 0. The normalized spacial score (nSPS) is 18.3. The van der Waals surface area contributed by atoms with Crippen molar-refractivity contribution < 1.29 is 38.3 Å². The largest absolute Gasteiger partial charge is 0.448 e. The molecule has 1 amide bonds. The molecule has 2 fully saturated rings. The van der Waals surface area contributed by atoms with Crippen LogP contribution in [0.4, 0.5) is 16.2 Å². The molecule has 3 aromatic carbocycles. The van der Waals surface area contributed by atoms with Crippen LogP contribution in [0, 0.1) is 20.2 Å². The molecule has 3 aromatic rings. The van der Waals surface area contributed by atoms with Gasteiger partial charge in [-0.15, -0.1) is 0 Å². The minimum atomic E-state index is -0.881. The quantitative estimate of drug-likeness (QED) is 0.316. The molecule has 0 atom stereocenters. The third-order valence-electron chi connectivity index (χ3n) is 7.81. The fourth-order valence-electron chi connectivity index (χ4n) is 5.45. The Hall–Kier alpha value is -5.11. The number of benzene rings is 3. The van der Waals surface area contributed by atoms with Gasteiger partial charge in [0.25, 0.3) is 22.9 Å². The third kappa shape index (κ3) is 6.15. The first kappa shape index (κ1) is 29.0. The van der Waals surface area contributed by atoms with Gasteiger partial charge >= 0.3 is 6.09 Å². The number of carbonyl (C=O) groups is 1. The third-order valence-corrected chi connectivity index (χ3v) is 7.81. The summed E-state index contributed by atoms with van der Waals surface area (Å²) in [6, 6.07) is 18.2. The van der Waals surface area contributed by atoms with Crippen molar-refractivity contribution in [3.8, 4) is 23.0 Å². The maximum absolute atomic E-state index is 12.3. The van der Waals surface area contributed by atoms with Crippen LogP contribution in [0.1, 0.15) is 31.2 Å². The van der Waals surface area contributed by atoms with Gasteiger partial charge in [-0.25, -0.2) is 4.79 Å². The summed E-state index contributed by atoms with van der Waals surface area (Å²) in [5.74, 6) is 0.417. The molecule has 4 aliphatic heterocycles. The van der Waals surface area contributed by atoms with Crippen LogP contribution in [0.5, 0.6) is 23.0 Å². The summed E-state index contributed by atoms with van der Waals surface area (Å²) in [5.41, 5.74) is 0.911. The van der Waals surface area contributed by atoms with Crippen molar-refractivity contribution in [2.45, 2.75) is 43.9 Å². The van der Waals surface area contributed by atoms with Crippen molar-refractivity contribution in [2.24, 2.45) is 0 Å². The van der Waals surface area contributed by atoms with Crippen molar-refractivity contribution in [1.82, 2.24) is 10.2 Å². The zero-order valence-corrected chi connectivity index (χ0v) is 23.6. The van der Waals surface area contributed by atoms with Gasteiger partial charge in [0.1, 0.15) is 6.61 Å². The highest BCUT2D eigenvalue weighted by Gasteiger charge is 2.46. The van der Waals surface area contributed by atoms with Crippen molar-refractivity contribution in [3.05, 3.63) is 92.5 Å². The molecule has 2 spiro atoms. The molecular weight excluding hydrogens is 576 g/mol. The van der Waals surface area contributed by atoms with E-state index in [2.05, 4.69) is 5.32 Å². The number of piperidine rings is 2. The lowest BCUT2D eigenvalue weighted by Crippen LogP contribution is -2.51. The molecule has 0 bridgehead atoms. The second-order valence-electron chi connectivity index (χ2n) is 10.8.